The van der Waals surface area contributed by atoms with Gasteiger partial charge in [-0.2, -0.15) is 5.10 Å². The molecule has 0 atom stereocenters. The Morgan fingerprint density at radius 3 is 2.36 bits per heavy atom. The van der Waals surface area contributed by atoms with Crippen LogP contribution in [-0.2, 0) is 0 Å². The van der Waals surface area contributed by atoms with Crippen LogP contribution in [0.4, 0.5) is 0 Å². The summed E-state index contributed by atoms with van der Waals surface area (Å²) in [6, 6.07) is 15.7. The number of hydrogen-bond donors (Lipinski definition) is 1. The summed E-state index contributed by atoms with van der Waals surface area (Å²) in [5.74, 6) is -1.07. The number of carbonyl (C=O) groups is 1. The molecule has 0 aliphatic rings. The predicted molar refractivity (Wildman–Crippen MR) is 86.0 cm³/mol. The van der Waals surface area contributed by atoms with Crippen LogP contribution in [0.15, 0.2) is 54.6 Å². The highest BCUT2D eigenvalue weighted by Gasteiger charge is 2.17. The topological polar surface area (TPSA) is 55.1 Å². The van der Waals surface area contributed by atoms with Crippen molar-refractivity contribution in [3.63, 3.8) is 0 Å². The lowest BCUT2D eigenvalue weighted by atomic mass is 10.1. The van der Waals surface area contributed by atoms with Crippen LogP contribution < -0.4 is 0 Å². The fourth-order valence-corrected chi connectivity index (χ4v) is 2.39. The van der Waals surface area contributed by atoms with Crippen LogP contribution in [0, 0.1) is 0 Å². The van der Waals surface area contributed by atoms with Gasteiger partial charge in [-0.1, -0.05) is 53.5 Å². The summed E-state index contributed by atoms with van der Waals surface area (Å²) in [7, 11) is 0. The number of carboxylic acid groups (broad SMARTS) is 1. The number of benzene rings is 2. The van der Waals surface area contributed by atoms with Gasteiger partial charge in [0.15, 0.2) is 5.69 Å². The van der Waals surface area contributed by atoms with E-state index in [4.69, 9.17) is 23.2 Å². The Morgan fingerprint density at radius 1 is 1.00 bits per heavy atom. The Hall–Kier alpha value is -2.30. The van der Waals surface area contributed by atoms with Gasteiger partial charge in [0.05, 0.1) is 21.4 Å². The SMILES string of the molecule is O=C(O)c1cc(-c2ccccc2)nn1-c1ccc(Cl)c(Cl)c1. The molecular weight excluding hydrogens is 323 g/mol. The first-order chi connectivity index (χ1) is 10.6. The summed E-state index contributed by atoms with van der Waals surface area (Å²) in [5.41, 5.74) is 2.00. The van der Waals surface area contributed by atoms with Gasteiger partial charge in [-0.25, -0.2) is 9.48 Å². The molecule has 0 saturated carbocycles. The van der Waals surface area contributed by atoms with Crippen molar-refractivity contribution in [1.29, 1.82) is 0 Å². The quantitative estimate of drug-likeness (QED) is 0.765. The monoisotopic (exact) mass is 332 g/mol. The standard InChI is InChI=1S/C16H10Cl2N2O2/c17-12-7-6-11(8-13(12)18)20-15(16(21)22)9-14(19-20)10-4-2-1-3-5-10/h1-9H,(H,21,22). The largest absolute Gasteiger partial charge is 0.477 e. The lowest BCUT2D eigenvalue weighted by molar-refractivity contribution is 0.0687. The fourth-order valence-electron chi connectivity index (χ4n) is 2.10. The Kier molecular flexibility index (Phi) is 3.88. The summed E-state index contributed by atoms with van der Waals surface area (Å²) in [4.78, 5) is 11.5. The molecule has 4 nitrogen and oxygen atoms in total. The first kappa shape index (κ1) is 14.6. The molecule has 1 N–H and O–H groups in total. The fraction of sp³-hybridized carbons (Fsp3) is 0. The van der Waals surface area contributed by atoms with Gasteiger partial charge in [0.25, 0.3) is 0 Å². The number of aromatic nitrogens is 2. The van der Waals surface area contributed by atoms with E-state index in [0.29, 0.717) is 21.4 Å². The zero-order chi connectivity index (χ0) is 15.7. The molecule has 22 heavy (non-hydrogen) atoms. The molecule has 0 radical (unpaired) electrons. The lowest BCUT2D eigenvalue weighted by Gasteiger charge is -2.05. The maximum absolute atomic E-state index is 11.5. The molecule has 1 heterocycles. The zero-order valence-electron chi connectivity index (χ0n) is 11.2. The van der Waals surface area contributed by atoms with E-state index >= 15 is 0 Å². The average Bonchev–Trinajstić information content (AvgIpc) is 2.96. The summed E-state index contributed by atoms with van der Waals surface area (Å²) >= 11 is 11.9. The van der Waals surface area contributed by atoms with E-state index in [1.54, 1.807) is 18.2 Å². The van der Waals surface area contributed by atoms with E-state index in [-0.39, 0.29) is 5.69 Å². The van der Waals surface area contributed by atoms with E-state index < -0.39 is 5.97 Å². The Bertz CT molecular complexity index is 845. The Morgan fingerprint density at radius 2 is 1.73 bits per heavy atom. The Balaban J connectivity index is 2.16. The van der Waals surface area contributed by atoms with Crippen LogP contribution in [0.3, 0.4) is 0 Å². The van der Waals surface area contributed by atoms with E-state index in [2.05, 4.69) is 5.10 Å². The van der Waals surface area contributed by atoms with Crippen LogP contribution in [-0.4, -0.2) is 20.9 Å². The summed E-state index contributed by atoms with van der Waals surface area (Å²) in [6.07, 6.45) is 0. The summed E-state index contributed by atoms with van der Waals surface area (Å²) in [5, 5.41) is 14.5. The van der Waals surface area contributed by atoms with E-state index in [1.165, 1.54) is 10.7 Å². The van der Waals surface area contributed by atoms with Gasteiger partial charge in [-0.15, -0.1) is 0 Å². The molecule has 0 bridgehead atoms. The second-order valence-corrected chi connectivity index (χ2v) is 5.41. The zero-order valence-corrected chi connectivity index (χ0v) is 12.7. The minimum absolute atomic E-state index is 0.0530. The highest BCUT2D eigenvalue weighted by Crippen LogP contribution is 2.27. The number of carboxylic acids is 1. The van der Waals surface area contributed by atoms with E-state index in [0.717, 1.165) is 5.56 Å². The van der Waals surface area contributed by atoms with Crippen molar-refractivity contribution < 1.29 is 9.90 Å². The first-order valence-corrected chi connectivity index (χ1v) is 7.16. The highest BCUT2D eigenvalue weighted by atomic mass is 35.5. The molecule has 1 aromatic heterocycles. The smallest absolute Gasteiger partial charge is 0.354 e. The van der Waals surface area contributed by atoms with Crippen LogP contribution in [0.2, 0.25) is 10.0 Å². The van der Waals surface area contributed by atoms with Gasteiger partial charge in [0.1, 0.15) is 0 Å². The molecular formula is C16H10Cl2N2O2. The first-order valence-electron chi connectivity index (χ1n) is 6.40. The molecule has 3 aromatic rings. The van der Waals surface area contributed by atoms with Crippen LogP contribution in [0.5, 0.6) is 0 Å². The molecule has 110 valence electrons. The molecule has 0 unspecified atom stereocenters. The van der Waals surface area contributed by atoms with Crippen LogP contribution in [0.1, 0.15) is 10.5 Å². The number of hydrogen-bond acceptors (Lipinski definition) is 2. The van der Waals surface area contributed by atoms with Crippen molar-refractivity contribution >= 4 is 29.2 Å². The second-order valence-electron chi connectivity index (χ2n) is 4.60. The number of halogens is 2. The minimum atomic E-state index is -1.07. The van der Waals surface area contributed by atoms with Crippen molar-refractivity contribution in [2.24, 2.45) is 0 Å². The lowest BCUT2D eigenvalue weighted by Crippen LogP contribution is -2.07. The third-order valence-corrected chi connectivity index (χ3v) is 3.88. The predicted octanol–water partition coefficient (Wildman–Crippen LogP) is 4.54. The van der Waals surface area contributed by atoms with Gasteiger partial charge >= 0.3 is 5.97 Å². The molecule has 0 amide bonds. The molecule has 3 rings (SSSR count). The average molecular weight is 333 g/mol. The summed E-state index contributed by atoms with van der Waals surface area (Å²) < 4.78 is 1.34. The number of rotatable bonds is 3. The normalized spacial score (nSPS) is 10.6. The van der Waals surface area contributed by atoms with Crippen molar-refractivity contribution in [2.45, 2.75) is 0 Å². The molecule has 0 spiro atoms. The van der Waals surface area contributed by atoms with E-state index in [1.807, 2.05) is 30.3 Å². The molecule has 0 aliphatic heterocycles. The highest BCUT2D eigenvalue weighted by molar-refractivity contribution is 6.42. The molecule has 6 heteroatoms. The Labute approximate surface area is 136 Å². The van der Waals surface area contributed by atoms with Crippen molar-refractivity contribution in [2.75, 3.05) is 0 Å². The molecule has 0 aliphatic carbocycles. The van der Waals surface area contributed by atoms with Gasteiger partial charge in [-0.3, -0.25) is 0 Å². The maximum Gasteiger partial charge on any atom is 0.354 e. The maximum atomic E-state index is 11.5. The van der Waals surface area contributed by atoms with E-state index in [9.17, 15) is 9.90 Å². The van der Waals surface area contributed by atoms with Crippen LogP contribution in [0.25, 0.3) is 16.9 Å². The van der Waals surface area contributed by atoms with Gasteiger partial charge in [0.2, 0.25) is 0 Å². The molecule has 0 saturated heterocycles. The van der Waals surface area contributed by atoms with Gasteiger partial charge in [0, 0.05) is 5.56 Å². The van der Waals surface area contributed by atoms with Gasteiger partial charge < -0.3 is 5.11 Å². The van der Waals surface area contributed by atoms with Gasteiger partial charge in [-0.05, 0) is 24.3 Å². The third kappa shape index (κ3) is 2.71. The molecule has 0 fully saturated rings. The summed E-state index contributed by atoms with van der Waals surface area (Å²) in [6.45, 7) is 0. The van der Waals surface area contributed by atoms with Crippen molar-refractivity contribution in [1.82, 2.24) is 9.78 Å². The third-order valence-electron chi connectivity index (χ3n) is 3.15. The van der Waals surface area contributed by atoms with Crippen LogP contribution >= 0.6 is 23.2 Å². The van der Waals surface area contributed by atoms with Crippen molar-refractivity contribution in [3.05, 3.63) is 70.3 Å². The minimum Gasteiger partial charge on any atom is -0.477 e. The number of nitrogens with zero attached hydrogens (tertiary/aromatic N) is 2. The van der Waals surface area contributed by atoms with Crippen molar-refractivity contribution in [3.8, 4) is 16.9 Å². The number of aromatic carboxylic acids is 1. The second kappa shape index (κ2) is 5.83. The molecule has 2 aromatic carbocycles.